The number of rotatable bonds is 5. The van der Waals surface area contributed by atoms with Crippen LogP contribution in [-0.2, 0) is 9.59 Å². The van der Waals surface area contributed by atoms with Crippen molar-refractivity contribution in [2.24, 2.45) is 5.92 Å². The van der Waals surface area contributed by atoms with Gasteiger partial charge in [0.15, 0.2) is 0 Å². The molecule has 2 aromatic heterocycles. The molecule has 0 spiro atoms. The van der Waals surface area contributed by atoms with Gasteiger partial charge in [-0.25, -0.2) is 15.1 Å². The molecular formula is C32H27ClN3O3+. The number of nitrogens with one attached hydrogen (secondary N) is 3. The number of hydrogen-bond donors (Lipinski definition) is 2. The monoisotopic (exact) mass is 536 g/mol. The predicted molar refractivity (Wildman–Crippen MR) is 150 cm³/mol. The Bertz CT molecular complexity index is 1610. The normalized spacial score (nSPS) is 20.6. The molecule has 3 N–H and O–H groups in total. The van der Waals surface area contributed by atoms with Crippen molar-refractivity contribution in [1.82, 2.24) is 5.32 Å². The van der Waals surface area contributed by atoms with Crippen LogP contribution in [0.4, 0.5) is 5.82 Å². The van der Waals surface area contributed by atoms with Crippen molar-refractivity contribution in [3.63, 3.8) is 0 Å². The Kier molecular flexibility index (Phi) is 6.63. The van der Waals surface area contributed by atoms with Crippen LogP contribution in [0.15, 0.2) is 119 Å². The van der Waals surface area contributed by atoms with E-state index in [0.717, 1.165) is 16.8 Å². The highest BCUT2D eigenvalue weighted by Crippen LogP contribution is 2.47. The summed E-state index contributed by atoms with van der Waals surface area (Å²) in [5.41, 5.74) is 3.85. The number of carbonyl (C=O) groups is 2. The average Bonchev–Trinajstić information content (AvgIpc) is 3.43. The van der Waals surface area contributed by atoms with Crippen LogP contribution in [0, 0.1) is 5.92 Å². The van der Waals surface area contributed by atoms with Gasteiger partial charge in [0.1, 0.15) is 17.3 Å². The Hall–Kier alpha value is -4.42. The largest absolute Gasteiger partial charge is 0.460 e. The standard InChI is InChI=1S/C32H26ClN3O3/c1-19-29(32(38)36-28-12-5-6-15-34-28)31(27-14-13-26(39-27)21-10-7-11-23(33)16-21)30-24(35-19)17-22(18-25(30)37)20-8-3-2-4-9-20/h2-17,22,30-31,35H,18H2,1H3,(H,34,36,38)/p+1. The fraction of sp³-hybridized carbons (Fsp3) is 0.156. The Morgan fingerprint density at radius 3 is 2.59 bits per heavy atom. The molecule has 2 aromatic carbocycles. The van der Waals surface area contributed by atoms with Crippen LogP contribution in [0.1, 0.15) is 36.5 Å². The molecule has 39 heavy (non-hydrogen) atoms. The third kappa shape index (κ3) is 4.91. The summed E-state index contributed by atoms with van der Waals surface area (Å²) in [4.78, 5) is 30.6. The van der Waals surface area contributed by atoms with E-state index < -0.39 is 11.8 Å². The van der Waals surface area contributed by atoms with Gasteiger partial charge in [0, 0.05) is 40.4 Å². The summed E-state index contributed by atoms with van der Waals surface area (Å²) in [5.74, 6) is 0.269. The smallest absolute Gasteiger partial charge is 0.337 e. The number of carbonyl (C=O) groups excluding carboxylic acids is 2. The SMILES string of the molecule is CC1=C(C(=O)Nc2cccc[nH+]2)C(c2ccc(-c3cccc(Cl)c3)o2)C2C(=O)CC(c3ccccc3)C=C2N1. The molecule has 194 valence electrons. The predicted octanol–water partition coefficient (Wildman–Crippen LogP) is 6.27. The molecule has 3 heterocycles. The van der Waals surface area contributed by atoms with Crippen molar-refractivity contribution >= 4 is 29.1 Å². The number of pyridine rings is 1. The van der Waals surface area contributed by atoms with E-state index in [0.29, 0.717) is 40.1 Å². The number of aromatic amines is 1. The number of ketones is 1. The van der Waals surface area contributed by atoms with Gasteiger partial charge < -0.3 is 9.73 Å². The summed E-state index contributed by atoms with van der Waals surface area (Å²) in [6, 6.07) is 26.6. The zero-order chi connectivity index (χ0) is 26.9. The number of Topliss-reactive ketones (excluding diaryl/α,β-unsaturated/α-hetero) is 1. The molecule has 0 saturated heterocycles. The highest BCUT2D eigenvalue weighted by atomic mass is 35.5. The first-order valence-electron chi connectivity index (χ1n) is 12.9. The maximum absolute atomic E-state index is 13.9. The van der Waals surface area contributed by atoms with Gasteiger partial charge in [0.25, 0.3) is 5.82 Å². The third-order valence-electron chi connectivity index (χ3n) is 7.34. The summed E-state index contributed by atoms with van der Waals surface area (Å²) >= 11 is 6.22. The second-order valence-electron chi connectivity index (χ2n) is 9.87. The van der Waals surface area contributed by atoms with E-state index in [2.05, 4.69) is 21.7 Å². The minimum atomic E-state index is -0.599. The number of benzene rings is 2. The molecule has 7 heteroatoms. The van der Waals surface area contributed by atoms with Gasteiger partial charge in [-0.3, -0.25) is 4.79 Å². The van der Waals surface area contributed by atoms with Crippen LogP contribution in [0.3, 0.4) is 0 Å². The summed E-state index contributed by atoms with van der Waals surface area (Å²) in [6.07, 6.45) is 4.21. The van der Waals surface area contributed by atoms with E-state index in [4.69, 9.17) is 16.0 Å². The number of allylic oxidation sites excluding steroid dienone is 3. The van der Waals surface area contributed by atoms with Gasteiger partial charge in [-0.2, -0.15) is 0 Å². The zero-order valence-corrected chi connectivity index (χ0v) is 22.0. The quantitative estimate of drug-likeness (QED) is 0.315. The van der Waals surface area contributed by atoms with Crippen LogP contribution in [-0.4, -0.2) is 11.7 Å². The molecule has 2 aliphatic rings. The van der Waals surface area contributed by atoms with E-state index in [-0.39, 0.29) is 17.6 Å². The Labute approximate surface area is 231 Å². The summed E-state index contributed by atoms with van der Waals surface area (Å²) in [7, 11) is 0. The van der Waals surface area contributed by atoms with Crippen molar-refractivity contribution in [2.45, 2.75) is 25.2 Å². The molecule has 4 aromatic rings. The molecule has 1 aliphatic heterocycles. The van der Waals surface area contributed by atoms with Crippen molar-refractivity contribution in [3.05, 3.63) is 131 Å². The second-order valence-corrected chi connectivity index (χ2v) is 10.3. The van der Waals surface area contributed by atoms with Crippen molar-refractivity contribution < 1.29 is 19.0 Å². The maximum atomic E-state index is 13.9. The van der Waals surface area contributed by atoms with Crippen molar-refractivity contribution in [3.8, 4) is 11.3 Å². The van der Waals surface area contributed by atoms with Crippen LogP contribution in [0.5, 0.6) is 0 Å². The van der Waals surface area contributed by atoms with Crippen LogP contribution in [0.25, 0.3) is 11.3 Å². The number of H-pyrrole nitrogens is 1. The van der Waals surface area contributed by atoms with Gasteiger partial charge in [-0.1, -0.05) is 66.2 Å². The number of furan rings is 1. The molecular weight excluding hydrogens is 510 g/mol. The molecule has 3 unspecified atom stereocenters. The van der Waals surface area contributed by atoms with Crippen LogP contribution in [0.2, 0.25) is 5.02 Å². The average molecular weight is 537 g/mol. The van der Waals surface area contributed by atoms with Gasteiger partial charge >= 0.3 is 5.91 Å². The first kappa shape index (κ1) is 24.9. The van der Waals surface area contributed by atoms with Crippen molar-refractivity contribution in [1.29, 1.82) is 0 Å². The molecule has 6 rings (SSSR count). The highest BCUT2D eigenvalue weighted by Gasteiger charge is 2.47. The van der Waals surface area contributed by atoms with Crippen LogP contribution >= 0.6 is 11.6 Å². The Balaban J connectivity index is 1.44. The lowest BCUT2D eigenvalue weighted by molar-refractivity contribution is -0.360. The number of fused-ring (bicyclic) bond motifs is 1. The lowest BCUT2D eigenvalue weighted by atomic mass is 9.70. The molecule has 3 atom stereocenters. The van der Waals surface area contributed by atoms with E-state index in [1.807, 2.05) is 79.7 Å². The van der Waals surface area contributed by atoms with Gasteiger partial charge in [-0.05, 0) is 42.8 Å². The molecule has 0 fully saturated rings. The van der Waals surface area contributed by atoms with Gasteiger partial charge in [0.2, 0.25) is 0 Å². The number of anilines is 1. The van der Waals surface area contributed by atoms with Gasteiger partial charge in [0.05, 0.1) is 23.6 Å². The maximum Gasteiger partial charge on any atom is 0.337 e. The zero-order valence-electron chi connectivity index (χ0n) is 21.3. The lowest BCUT2D eigenvalue weighted by Crippen LogP contribution is -2.42. The summed E-state index contributed by atoms with van der Waals surface area (Å²) in [5, 5.41) is 6.95. The molecule has 6 nitrogen and oxygen atoms in total. The fourth-order valence-corrected chi connectivity index (χ4v) is 5.77. The van der Waals surface area contributed by atoms with E-state index in [1.165, 1.54) is 0 Å². The molecule has 1 amide bonds. The summed E-state index contributed by atoms with van der Waals surface area (Å²) < 4.78 is 6.36. The van der Waals surface area contributed by atoms with E-state index in [9.17, 15) is 9.59 Å². The number of aromatic nitrogens is 1. The number of halogens is 1. The number of amides is 1. The minimum absolute atomic E-state index is 0.0428. The molecule has 0 saturated carbocycles. The topological polar surface area (TPSA) is 85.5 Å². The fourth-order valence-electron chi connectivity index (χ4n) is 5.58. The van der Waals surface area contributed by atoms with E-state index >= 15 is 0 Å². The lowest BCUT2D eigenvalue weighted by Gasteiger charge is -2.38. The van der Waals surface area contributed by atoms with Crippen molar-refractivity contribution in [2.75, 3.05) is 5.32 Å². The molecule has 0 radical (unpaired) electrons. The van der Waals surface area contributed by atoms with Gasteiger partial charge in [-0.15, -0.1) is 0 Å². The van der Waals surface area contributed by atoms with Crippen LogP contribution < -0.4 is 15.6 Å². The molecule has 1 aliphatic carbocycles. The second kappa shape index (κ2) is 10.4. The first-order valence-corrected chi connectivity index (χ1v) is 13.3. The van der Waals surface area contributed by atoms with E-state index in [1.54, 1.807) is 18.3 Å². The summed E-state index contributed by atoms with van der Waals surface area (Å²) in [6.45, 7) is 1.87. The first-order chi connectivity index (χ1) is 19.0. The Morgan fingerprint density at radius 1 is 1.00 bits per heavy atom. The Morgan fingerprint density at radius 2 is 1.82 bits per heavy atom. The minimum Gasteiger partial charge on any atom is -0.460 e. The highest BCUT2D eigenvalue weighted by molar-refractivity contribution is 6.30. The third-order valence-corrected chi connectivity index (χ3v) is 7.57. The number of hydrogen-bond acceptors (Lipinski definition) is 4. The molecule has 0 bridgehead atoms.